The number of nitrogens with one attached hydrogen (secondary N) is 1. The van der Waals surface area contributed by atoms with Crippen molar-refractivity contribution in [1.82, 2.24) is 0 Å². The van der Waals surface area contributed by atoms with Gasteiger partial charge in [0.25, 0.3) is 5.69 Å². The summed E-state index contributed by atoms with van der Waals surface area (Å²) < 4.78 is 5.00. The van der Waals surface area contributed by atoms with E-state index in [1.54, 1.807) is 18.2 Å². The Morgan fingerprint density at radius 1 is 1.33 bits per heavy atom. The molecule has 0 spiro atoms. The highest BCUT2D eigenvalue weighted by Crippen LogP contribution is 2.28. The average Bonchev–Trinajstić information content (AvgIpc) is 2.45. The van der Waals surface area contributed by atoms with E-state index in [9.17, 15) is 15.2 Å². The average molecular weight is 309 g/mol. The third-order valence-corrected chi connectivity index (χ3v) is 3.22. The molecule has 7 heteroatoms. The molecule has 0 aromatic heterocycles. The van der Waals surface area contributed by atoms with Crippen molar-refractivity contribution in [1.29, 1.82) is 0 Å². The predicted octanol–water partition coefficient (Wildman–Crippen LogP) is 3.57. The maximum absolute atomic E-state index is 10.7. The number of aromatic hydroxyl groups is 1. The molecule has 0 saturated carbocycles. The normalized spacial score (nSPS) is 10.2. The van der Waals surface area contributed by atoms with Crippen molar-refractivity contribution in [2.75, 3.05) is 12.4 Å². The van der Waals surface area contributed by atoms with E-state index in [0.29, 0.717) is 23.5 Å². The van der Waals surface area contributed by atoms with Crippen LogP contribution in [0.3, 0.4) is 0 Å². The molecule has 0 aliphatic heterocycles. The van der Waals surface area contributed by atoms with E-state index in [0.717, 1.165) is 0 Å². The Morgan fingerprint density at radius 3 is 2.67 bits per heavy atom. The van der Waals surface area contributed by atoms with Crippen LogP contribution in [0.1, 0.15) is 5.56 Å². The summed E-state index contributed by atoms with van der Waals surface area (Å²) >= 11 is 5.83. The van der Waals surface area contributed by atoms with E-state index in [1.807, 2.05) is 0 Å². The van der Waals surface area contributed by atoms with Crippen molar-refractivity contribution in [2.45, 2.75) is 6.54 Å². The zero-order chi connectivity index (χ0) is 15.4. The summed E-state index contributed by atoms with van der Waals surface area (Å²) in [5.74, 6) is 0.671. The number of benzene rings is 2. The number of hydrogen-bond acceptors (Lipinski definition) is 5. The number of hydrogen-bond donors (Lipinski definition) is 2. The maximum Gasteiger partial charge on any atom is 0.288 e. The van der Waals surface area contributed by atoms with Gasteiger partial charge in [-0.3, -0.25) is 10.1 Å². The van der Waals surface area contributed by atoms with Crippen molar-refractivity contribution in [3.05, 3.63) is 57.1 Å². The maximum atomic E-state index is 10.7. The van der Waals surface area contributed by atoms with E-state index in [1.165, 1.54) is 25.3 Å². The molecule has 0 bridgehead atoms. The quantitative estimate of drug-likeness (QED) is 0.651. The number of nitro groups is 1. The third-order valence-electron chi connectivity index (χ3n) is 2.92. The standard InChI is InChI=1S/C14H13ClN2O4/c1-21-11-4-2-9(14(18)7-11)8-16-10-3-5-13(17(19)20)12(15)6-10/h2-7,16,18H,8H2,1H3. The number of nitro benzene ring substituents is 1. The van der Waals surface area contributed by atoms with Gasteiger partial charge in [-0.05, 0) is 24.3 Å². The fraction of sp³-hybridized carbons (Fsp3) is 0.143. The number of phenolic OH excluding ortho intramolecular Hbond substituents is 1. The van der Waals surface area contributed by atoms with Gasteiger partial charge in [0.05, 0.1) is 12.0 Å². The van der Waals surface area contributed by atoms with Gasteiger partial charge in [0.15, 0.2) is 0 Å². The lowest BCUT2D eigenvalue weighted by Gasteiger charge is -2.09. The first kappa shape index (κ1) is 14.9. The molecule has 2 aromatic rings. The Morgan fingerprint density at radius 2 is 2.10 bits per heavy atom. The molecule has 0 radical (unpaired) electrons. The highest BCUT2D eigenvalue weighted by molar-refractivity contribution is 6.32. The zero-order valence-electron chi connectivity index (χ0n) is 11.2. The molecule has 2 rings (SSSR count). The van der Waals surface area contributed by atoms with Crippen molar-refractivity contribution >= 4 is 23.0 Å². The van der Waals surface area contributed by atoms with Crippen LogP contribution >= 0.6 is 11.6 Å². The molecule has 0 fully saturated rings. The van der Waals surface area contributed by atoms with E-state index in [-0.39, 0.29) is 16.5 Å². The van der Waals surface area contributed by atoms with E-state index in [4.69, 9.17) is 16.3 Å². The van der Waals surface area contributed by atoms with Crippen molar-refractivity contribution in [2.24, 2.45) is 0 Å². The smallest absolute Gasteiger partial charge is 0.288 e. The lowest BCUT2D eigenvalue weighted by Crippen LogP contribution is -2.00. The summed E-state index contributed by atoms with van der Waals surface area (Å²) in [5, 5.41) is 23.6. The van der Waals surface area contributed by atoms with Gasteiger partial charge < -0.3 is 15.2 Å². The van der Waals surface area contributed by atoms with E-state index < -0.39 is 4.92 Å². The summed E-state index contributed by atoms with van der Waals surface area (Å²) in [7, 11) is 1.52. The third kappa shape index (κ3) is 3.55. The van der Waals surface area contributed by atoms with Crippen molar-refractivity contribution in [3.63, 3.8) is 0 Å². The molecule has 0 aliphatic rings. The molecule has 2 aromatic carbocycles. The molecule has 0 aliphatic carbocycles. The lowest BCUT2D eigenvalue weighted by atomic mass is 10.2. The van der Waals surface area contributed by atoms with Gasteiger partial charge in [-0.15, -0.1) is 0 Å². The first-order chi connectivity index (χ1) is 10.0. The van der Waals surface area contributed by atoms with Crippen LogP contribution in [0.15, 0.2) is 36.4 Å². The summed E-state index contributed by atoms with van der Waals surface area (Å²) in [5.41, 5.74) is 1.15. The molecule has 0 heterocycles. The number of phenols is 1. The number of nitrogens with zero attached hydrogens (tertiary/aromatic N) is 1. The topological polar surface area (TPSA) is 84.6 Å². The van der Waals surface area contributed by atoms with Gasteiger partial charge in [0.2, 0.25) is 0 Å². The molecule has 2 N–H and O–H groups in total. The minimum absolute atomic E-state index is 0.0592. The van der Waals surface area contributed by atoms with Gasteiger partial charge in [-0.25, -0.2) is 0 Å². The lowest BCUT2D eigenvalue weighted by molar-refractivity contribution is -0.384. The molecule has 0 unspecified atom stereocenters. The molecule has 110 valence electrons. The summed E-state index contributed by atoms with van der Waals surface area (Å²) in [6.07, 6.45) is 0. The van der Waals surface area contributed by atoms with Gasteiger partial charge in [-0.2, -0.15) is 0 Å². The first-order valence-corrected chi connectivity index (χ1v) is 6.42. The second-order valence-electron chi connectivity index (χ2n) is 4.27. The zero-order valence-corrected chi connectivity index (χ0v) is 11.9. The molecule has 0 amide bonds. The number of ether oxygens (including phenoxy) is 1. The largest absolute Gasteiger partial charge is 0.507 e. The molecular weight excluding hydrogens is 296 g/mol. The van der Waals surface area contributed by atoms with E-state index >= 15 is 0 Å². The molecule has 0 atom stereocenters. The van der Waals surface area contributed by atoms with Crippen LogP contribution in [-0.4, -0.2) is 17.1 Å². The highest BCUT2D eigenvalue weighted by atomic mass is 35.5. The number of methoxy groups -OCH3 is 1. The fourth-order valence-corrected chi connectivity index (χ4v) is 2.03. The van der Waals surface area contributed by atoms with Crippen LogP contribution in [0.25, 0.3) is 0 Å². The Kier molecular flexibility index (Phi) is 4.49. The van der Waals surface area contributed by atoms with Crippen LogP contribution in [0, 0.1) is 10.1 Å². The van der Waals surface area contributed by atoms with Crippen molar-refractivity contribution in [3.8, 4) is 11.5 Å². The Labute approximate surface area is 126 Å². The first-order valence-electron chi connectivity index (χ1n) is 6.05. The molecular formula is C14H13ClN2O4. The highest BCUT2D eigenvalue weighted by Gasteiger charge is 2.12. The summed E-state index contributed by atoms with van der Waals surface area (Å²) in [4.78, 5) is 10.1. The van der Waals surface area contributed by atoms with Crippen molar-refractivity contribution < 1.29 is 14.8 Å². The van der Waals surface area contributed by atoms with Gasteiger partial charge >= 0.3 is 0 Å². The van der Waals surface area contributed by atoms with Gasteiger partial charge in [0.1, 0.15) is 16.5 Å². The fourth-order valence-electron chi connectivity index (χ4n) is 1.78. The van der Waals surface area contributed by atoms with Crippen LogP contribution in [0.2, 0.25) is 5.02 Å². The van der Waals surface area contributed by atoms with Crippen LogP contribution < -0.4 is 10.1 Å². The Bertz CT molecular complexity index is 676. The van der Waals surface area contributed by atoms with Gasteiger partial charge in [0, 0.05) is 29.9 Å². The Balaban J connectivity index is 2.10. The minimum Gasteiger partial charge on any atom is -0.507 e. The van der Waals surface area contributed by atoms with Crippen LogP contribution in [0.4, 0.5) is 11.4 Å². The second-order valence-corrected chi connectivity index (χ2v) is 4.68. The SMILES string of the molecule is COc1ccc(CNc2ccc([N+](=O)[O-])c(Cl)c2)c(O)c1. The van der Waals surface area contributed by atoms with Crippen LogP contribution in [0.5, 0.6) is 11.5 Å². The molecule has 0 saturated heterocycles. The van der Waals surface area contributed by atoms with Crippen LogP contribution in [-0.2, 0) is 6.54 Å². The molecule has 6 nitrogen and oxygen atoms in total. The number of rotatable bonds is 5. The van der Waals surface area contributed by atoms with Gasteiger partial charge in [-0.1, -0.05) is 11.6 Å². The second kappa shape index (κ2) is 6.32. The summed E-state index contributed by atoms with van der Waals surface area (Å²) in [6, 6.07) is 9.34. The monoisotopic (exact) mass is 308 g/mol. The Hall–Kier alpha value is -2.47. The van der Waals surface area contributed by atoms with E-state index in [2.05, 4.69) is 5.32 Å². The predicted molar refractivity (Wildman–Crippen MR) is 80.1 cm³/mol. The minimum atomic E-state index is -0.540. The number of anilines is 1. The summed E-state index contributed by atoms with van der Waals surface area (Å²) in [6.45, 7) is 0.351. The molecule has 21 heavy (non-hydrogen) atoms. The number of halogens is 1.